The molecule has 3 rings (SSSR count). The lowest BCUT2D eigenvalue weighted by Gasteiger charge is -2.27. The lowest BCUT2D eigenvalue weighted by Crippen LogP contribution is -2.39. The van der Waals surface area contributed by atoms with Crippen molar-refractivity contribution in [2.45, 2.75) is 26.5 Å². The van der Waals surface area contributed by atoms with E-state index >= 15 is 0 Å². The van der Waals surface area contributed by atoms with Crippen LogP contribution in [0.4, 0.5) is 5.69 Å². The third-order valence-electron chi connectivity index (χ3n) is 4.76. The van der Waals surface area contributed by atoms with Crippen LogP contribution in [-0.4, -0.2) is 30.5 Å². The van der Waals surface area contributed by atoms with Gasteiger partial charge in [0.05, 0.1) is 10.7 Å². The number of thiazole rings is 1. The molecule has 0 fully saturated rings. The van der Waals surface area contributed by atoms with E-state index in [0.29, 0.717) is 13.2 Å². The minimum absolute atomic E-state index is 0.109. The number of nitrogens with zero attached hydrogens (tertiary/aromatic N) is 2. The summed E-state index contributed by atoms with van der Waals surface area (Å²) in [5, 5.41) is 6.00. The van der Waals surface area contributed by atoms with Gasteiger partial charge in [0.1, 0.15) is 12.4 Å². The fraction of sp³-hybridized carbons (Fsp3) is 0.250. The molecule has 0 spiro atoms. The second kappa shape index (κ2) is 10.6. The quantitative estimate of drug-likeness (QED) is 0.510. The Labute approximate surface area is 182 Å². The zero-order valence-corrected chi connectivity index (χ0v) is 18.4. The van der Waals surface area contributed by atoms with Crippen molar-refractivity contribution in [3.8, 4) is 5.75 Å². The molecule has 0 aliphatic carbocycles. The fourth-order valence-electron chi connectivity index (χ4n) is 2.84. The Hall–Kier alpha value is -3.12. The highest BCUT2D eigenvalue weighted by Gasteiger charge is 2.10. The summed E-state index contributed by atoms with van der Waals surface area (Å²) < 4.78 is 5.75. The van der Waals surface area contributed by atoms with Gasteiger partial charge in [0.25, 0.3) is 0 Å². The van der Waals surface area contributed by atoms with Crippen molar-refractivity contribution >= 4 is 29.0 Å². The van der Waals surface area contributed by atoms with Gasteiger partial charge in [0.15, 0.2) is 0 Å². The van der Waals surface area contributed by atoms with E-state index in [2.05, 4.69) is 34.3 Å². The molecule has 0 aliphatic rings. The van der Waals surface area contributed by atoms with Crippen LogP contribution >= 0.6 is 11.3 Å². The van der Waals surface area contributed by atoms with E-state index in [1.54, 1.807) is 23.5 Å². The van der Waals surface area contributed by atoms with Crippen molar-refractivity contribution in [2.75, 3.05) is 18.5 Å². The molecule has 1 N–H and O–H groups in total. The number of ether oxygens (including phenoxy) is 1. The van der Waals surface area contributed by atoms with Crippen LogP contribution in [-0.2, 0) is 11.4 Å². The Morgan fingerprint density at radius 1 is 1.20 bits per heavy atom. The van der Waals surface area contributed by atoms with E-state index in [1.165, 1.54) is 0 Å². The second-order valence-corrected chi connectivity index (χ2v) is 8.15. The third kappa shape index (κ3) is 6.46. The van der Waals surface area contributed by atoms with Crippen LogP contribution in [0.25, 0.3) is 6.08 Å². The van der Waals surface area contributed by atoms with Gasteiger partial charge in [-0.25, -0.2) is 4.98 Å². The molecule has 6 heteroatoms. The summed E-state index contributed by atoms with van der Waals surface area (Å²) in [5.74, 6) is 0.669. The van der Waals surface area contributed by atoms with Gasteiger partial charge in [-0.05, 0) is 49.8 Å². The molecule has 1 heterocycles. The normalized spacial score (nSPS) is 12.0. The smallest absolute Gasteiger partial charge is 0.244 e. The monoisotopic (exact) mass is 421 g/mol. The van der Waals surface area contributed by atoms with Crippen LogP contribution in [0.15, 0.2) is 66.1 Å². The topological polar surface area (TPSA) is 54.5 Å². The van der Waals surface area contributed by atoms with E-state index in [1.807, 2.05) is 61.8 Å². The van der Waals surface area contributed by atoms with E-state index in [9.17, 15) is 4.79 Å². The molecule has 0 saturated carbocycles. The molecule has 30 heavy (non-hydrogen) atoms. The first kappa shape index (κ1) is 21.6. The van der Waals surface area contributed by atoms with Gasteiger partial charge in [-0.1, -0.05) is 30.3 Å². The number of amides is 1. The van der Waals surface area contributed by atoms with Gasteiger partial charge in [0, 0.05) is 36.8 Å². The summed E-state index contributed by atoms with van der Waals surface area (Å²) in [5.41, 5.74) is 3.00. The van der Waals surface area contributed by atoms with Crippen molar-refractivity contribution in [3.05, 3.63) is 82.3 Å². The number of carbonyl (C=O) groups excluding carboxylic acids is 1. The first-order valence-electron chi connectivity index (χ1n) is 9.89. The highest BCUT2D eigenvalue weighted by Crippen LogP contribution is 2.16. The number of nitrogens with one attached hydrogen (secondary N) is 1. The van der Waals surface area contributed by atoms with Gasteiger partial charge in [-0.2, -0.15) is 0 Å². The predicted molar refractivity (Wildman–Crippen MR) is 124 cm³/mol. The van der Waals surface area contributed by atoms with Crippen molar-refractivity contribution < 1.29 is 9.53 Å². The molecule has 156 valence electrons. The second-order valence-electron chi connectivity index (χ2n) is 7.09. The Kier molecular flexibility index (Phi) is 7.63. The zero-order chi connectivity index (χ0) is 21.3. The Morgan fingerprint density at radius 2 is 1.93 bits per heavy atom. The van der Waals surface area contributed by atoms with Crippen LogP contribution in [0.1, 0.15) is 23.2 Å². The molecule has 0 saturated heterocycles. The minimum atomic E-state index is -0.109. The summed E-state index contributed by atoms with van der Waals surface area (Å²) >= 11 is 1.62. The highest BCUT2D eigenvalue weighted by atomic mass is 32.1. The zero-order valence-electron chi connectivity index (χ0n) is 17.5. The van der Waals surface area contributed by atoms with Gasteiger partial charge in [-0.3, -0.25) is 4.79 Å². The molecule has 2 aromatic carbocycles. The van der Waals surface area contributed by atoms with Crippen molar-refractivity contribution in [1.29, 1.82) is 0 Å². The van der Waals surface area contributed by atoms with Gasteiger partial charge < -0.3 is 15.0 Å². The number of hydrogen-bond donors (Lipinski definition) is 1. The predicted octanol–water partition coefficient (Wildman–Crippen LogP) is 4.68. The lowest BCUT2D eigenvalue weighted by molar-refractivity contribution is -0.116. The Bertz CT molecular complexity index is 968. The van der Waals surface area contributed by atoms with Gasteiger partial charge >= 0.3 is 0 Å². The molecule has 0 bridgehead atoms. The SMILES string of the molecule is Cc1nc(COc2ccc(C=CC(=O)NCC(C)N(C)c3ccccc3)cc2)cs1. The van der Waals surface area contributed by atoms with Crippen LogP contribution in [0, 0.1) is 6.92 Å². The fourth-order valence-corrected chi connectivity index (χ4v) is 3.44. The molecule has 1 atom stereocenters. The summed E-state index contributed by atoms with van der Waals surface area (Å²) in [6.07, 6.45) is 3.36. The Morgan fingerprint density at radius 3 is 2.60 bits per heavy atom. The molecule has 3 aromatic rings. The van der Waals surface area contributed by atoms with Gasteiger partial charge in [-0.15, -0.1) is 11.3 Å². The number of aryl methyl sites for hydroxylation is 1. The third-order valence-corrected chi connectivity index (χ3v) is 5.58. The summed E-state index contributed by atoms with van der Waals surface area (Å²) in [4.78, 5) is 18.7. The number of rotatable bonds is 9. The number of anilines is 1. The number of hydrogen-bond acceptors (Lipinski definition) is 5. The summed E-state index contributed by atoms with van der Waals surface area (Å²) in [7, 11) is 2.03. The number of para-hydroxylation sites is 1. The van der Waals surface area contributed by atoms with Gasteiger partial charge in [0.2, 0.25) is 5.91 Å². The van der Waals surface area contributed by atoms with E-state index < -0.39 is 0 Å². The Balaban J connectivity index is 1.44. The van der Waals surface area contributed by atoms with Crippen LogP contribution < -0.4 is 15.0 Å². The maximum Gasteiger partial charge on any atom is 0.244 e. The number of aromatic nitrogens is 1. The average Bonchev–Trinajstić information content (AvgIpc) is 3.20. The molecular formula is C24H27N3O2S. The number of likely N-dealkylation sites (N-methyl/N-ethyl adjacent to an activating group) is 1. The van der Waals surface area contributed by atoms with E-state index in [-0.39, 0.29) is 11.9 Å². The molecule has 1 unspecified atom stereocenters. The largest absolute Gasteiger partial charge is 0.487 e. The molecular weight excluding hydrogens is 394 g/mol. The molecule has 1 aromatic heterocycles. The van der Waals surface area contributed by atoms with Crippen LogP contribution in [0.2, 0.25) is 0 Å². The summed E-state index contributed by atoms with van der Waals surface area (Å²) in [6.45, 7) is 5.09. The maximum absolute atomic E-state index is 12.2. The molecule has 0 aliphatic heterocycles. The van der Waals surface area contributed by atoms with Crippen LogP contribution in [0.5, 0.6) is 5.75 Å². The first-order valence-corrected chi connectivity index (χ1v) is 10.8. The first-order chi connectivity index (χ1) is 14.5. The average molecular weight is 422 g/mol. The summed E-state index contributed by atoms with van der Waals surface area (Å²) in [6, 6.07) is 18.0. The van der Waals surface area contributed by atoms with Crippen LogP contribution in [0.3, 0.4) is 0 Å². The van der Waals surface area contributed by atoms with Crippen molar-refractivity contribution in [1.82, 2.24) is 10.3 Å². The number of carbonyl (C=O) groups is 1. The highest BCUT2D eigenvalue weighted by molar-refractivity contribution is 7.09. The maximum atomic E-state index is 12.2. The lowest BCUT2D eigenvalue weighted by atomic mass is 10.2. The molecule has 1 amide bonds. The molecule has 5 nitrogen and oxygen atoms in total. The molecule has 0 radical (unpaired) electrons. The van der Waals surface area contributed by atoms with E-state index in [4.69, 9.17) is 4.74 Å². The van der Waals surface area contributed by atoms with Crippen molar-refractivity contribution in [2.24, 2.45) is 0 Å². The van der Waals surface area contributed by atoms with E-state index in [0.717, 1.165) is 27.7 Å². The van der Waals surface area contributed by atoms with Crippen molar-refractivity contribution in [3.63, 3.8) is 0 Å². The number of benzene rings is 2. The standard InChI is InChI=1S/C24H27N3O2S/c1-18(27(3)22-7-5-4-6-8-22)15-25-24(28)14-11-20-9-12-23(13-10-20)29-16-21-17-30-19(2)26-21/h4-14,17-18H,15-16H2,1-3H3,(H,25,28). The minimum Gasteiger partial charge on any atom is -0.487 e.